The quantitative estimate of drug-likeness (QED) is 0.530. The van der Waals surface area contributed by atoms with E-state index < -0.39 is 0 Å². The Morgan fingerprint density at radius 3 is 2.38 bits per heavy atom. The Kier molecular flexibility index (Phi) is 9.25. The van der Waals surface area contributed by atoms with Crippen molar-refractivity contribution >= 4 is 23.5 Å². The number of aryl methyl sites for hydroxylation is 1. The SMILES string of the molecule is CC(=O)NC1C=CC(c2ccnc(C)c2/C=C(\C)CN2CCC(c3ccc(C(=O)N(C)C)cc3)CC2)=C(C)N1C. The van der Waals surface area contributed by atoms with Gasteiger partial charge in [-0.05, 0) is 88.0 Å². The van der Waals surface area contributed by atoms with Crippen molar-refractivity contribution in [3.05, 3.63) is 87.9 Å². The fourth-order valence-electron chi connectivity index (χ4n) is 5.69. The van der Waals surface area contributed by atoms with Crippen LogP contribution < -0.4 is 5.32 Å². The van der Waals surface area contributed by atoms with E-state index in [0.29, 0.717) is 5.92 Å². The van der Waals surface area contributed by atoms with Crippen LogP contribution in [-0.4, -0.2) is 78.4 Å². The van der Waals surface area contributed by atoms with Gasteiger partial charge in [-0.1, -0.05) is 29.9 Å². The van der Waals surface area contributed by atoms with Crippen LogP contribution in [0.4, 0.5) is 0 Å². The fraction of sp³-hybridized carbons (Fsp3) is 0.424. The minimum absolute atomic E-state index is 0.0443. The summed E-state index contributed by atoms with van der Waals surface area (Å²) in [5.74, 6) is 0.528. The fourth-order valence-corrected chi connectivity index (χ4v) is 5.69. The summed E-state index contributed by atoms with van der Waals surface area (Å²) in [5, 5.41) is 2.98. The van der Waals surface area contributed by atoms with Gasteiger partial charge in [-0.2, -0.15) is 0 Å². The zero-order valence-electron chi connectivity index (χ0n) is 25.0. The minimum atomic E-state index is -0.147. The van der Waals surface area contributed by atoms with Crippen molar-refractivity contribution in [3.63, 3.8) is 0 Å². The molecule has 1 atom stereocenters. The molecule has 0 spiro atoms. The number of carbonyl (C=O) groups is 2. The van der Waals surface area contributed by atoms with Gasteiger partial charge in [-0.25, -0.2) is 0 Å². The smallest absolute Gasteiger partial charge is 0.253 e. The molecule has 2 aliphatic rings. The monoisotopic (exact) mass is 541 g/mol. The van der Waals surface area contributed by atoms with Gasteiger partial charge in [0.25, 0.3) is 5.91 Å². The molecule has 1 unspecified atom stereocenters. The lowest BCUT2D eigenvalue weighted by molar-refractivity contribution is -0.120. The molecule has 212 valence electrons. The van der Waals surface area contributed by atoms with Crippen molar-refractivity contribution < 1.29 is 9.59 Å². The van der Waals surface area contributed by atoms with E-state index >= 15 is 0 Å². The molecule has 7 heteroatoms. The number of benzene rings is 1. The van der Waals surface area contributed by atoms with Crippen LogP contribution in [0.2, 0.25) is 0 Å². The summed E-state index contributed by atoms with van der Waals surface area (Å²) in [4.78, 5) is 34.7. The van der Waals surface area contributed by atoms with Gasteiger partial charge in [0.05, 0.1) is 0 Å². The lowest BCUT2D eigenvalue weighted by atomic mass is 9.88. The molecule has 7 nitrogen and oxygen atoms in total. The third-order valence-electron chi connectivity index (χ3n) is 8.10. The normalized spacial score (nSPS) is 18.7. The number of hydrogen-bond acceptors (Lipinski definition) is 5. The van der Waals surface area contributed by atoms with Gasteiger partial charge in [0.2, 0.25) is 5.91 Å². The minimum Gasteiger partial charge on any atom is -0.354 e. The number of likely N-dealkylation sites (tertiary alicyclic amines) is 1. The topological polar surface area (TPSA) is 68.8 Å². The highest BCUT2D eigenvalue weighted by Gasteiger charge is 2.23. The molecule has 0 saturated carbocycles. The number of rotatable bonds is 7. The van der Waals surface area contributed by atoms with Gasteiger partial charge < -0.3 is 15.1 Å². The zero-order valence-corrected chi connectivity index (χ0v) is 25.0. The second-order valence-electron chi connectivity index (χ2n) is 11.3. The Hall–Kier alpha value is -3.71. The molecule has 1 saturated heterocycles. The number of nitrogens with one attached hydrogen (secondary N) is 1. The Morgan fingerprint density at radius 1 is 1.07 bits per heavy atom. The number of aromatic nitrogens is 1. The van der Waals surface area contributed by atoms with Crippen LogP contribution in [0.15, 0.2) is 60.0 Å². The number of amides is 2. The van der Waals surface area contributed by atoms with E-state index in [0.717, 1.165) is 66.1 Å². The molecule has 0 bridgehead atoms. The summed E-state index contributed by atoms with van der Waals surface area (Å²) in [7, 11) is 5.58. The van der Waals surface area contributed by atoms with Crippen LogP contribution >= 0.6 is 0 Å². The predicted molar refractivity (Wildman–Crippen MR) is 163 cm³/mol. The number of hydrogen-bond donors (Lipinski definition) is 1. The van der Waals surface area contributed by atoms with Crippen LogP contribution in [0.3, 0.4) is 0 Å². The number of likely N-dealkylation sites (N-methyl/N-ethyl adjacent to an activating group) is 1. The summed E-state index contributed by atoms with van der Waals surface area (Å²) < 4.78 is 0. The molecule has 2 aromatic rings. The molecule has 4 rings (SSSR count). The maximum absolute atomic E-state index is 12.2. The molecular weight excluding hydrogens is 498 g/mol. The molecule has 0 aliphatic carbocycles. The number of carbonyl (C=O) groups excluding carboxylic acids is 2. The van der Waals surface area contributed by atoms with Crippen molar-refractivity contribution in [1.82, 2.24) is 25.0 Å². The van der Waals surface area contributed by atoms with Crippen molar-refractivity contribution in [1.29, 1.82) is 0 Å². The van der Waals surface area contributed by atoms with Gasteiger partial charge in [0, 0.05) is 68.9 Å². The van der Waals surface area contributed by atoms with Gasteiger partial charge in [-0.15, -0.1) is 0 Å². The highest BCUT2D eigenvalue weighted by atomic mass is 16.2. The number of nitrogens with zero attached hydrogens (tertiary/aromatic N) is 4. The van der Waals surface area contributed by atoms with Crippen molar-refractivity contribution in [3.8, 4) is 0 Å². The molecule has 40 heavy (non-hydrogen) atoms. The first-order chi connectivity index (χ1) is 19.0. The van der Waals surface area contributed by atoms with Crippen LogP contribution in [0, 0.1) is 6.92 Å². The van der Waals surface area contributed by atoms with E-state index in [1.165, 1.54) is 11.1 Å². The van der Waals surface area contributed by atoms with Crippen LogP contribution in [0.1, 0.15) is 72.3 Å². The lowest BCUT2D eigenvalue weighted by Crippen LogP contribution is -2.44. The number of pyridine rings is 1. The number of allylic oxidation sites excluding steroid dienone is 3. The van der Waals surface area contributed by atoms with Crippen LogP contribution in [0.25, 0.3) is 11.6 Å². The Bertz CT molecular complexity index is 1330. The van der Waals surface area contributed by atoms with Gasteiger partial charge in [-0.3, -0.25) is 19.5 Å². The third-order valence-corrected chi connectivity index (χ3v) is 8.10. The predicted octanol–water partition coefficient (Wildman–Crippen LogP) is 5.07. The molecule has 1 fully saturated rings. The maximum atomic E-state index is 12.2. The first kappa shape index (κ1) is 29.3. The van der Waals surface area contributed by atoms with E-state index in [-0.39, 0.29) is 18.0 Å². The van der Waals surface area contributed by atoms with E-state index in [9.17, 15) is 9.59 Å². The standard InChI is InChI=1S/C33H43N5O2/c1-22(21-38-18-15-27(16-19-38)26-8-10-28(11-9-26)33(40)36(5)6)20-31-23(2)34-17-14-30(31)29-12-13-32(35-25(4)39)37(7)24(29)3/h8-14,17,20,27,32H,15-16,18-19,21H2,1-7H3,(H,35,39)/b22-20+. The Balaban J connectivity index is 1.43. The third kappa shape index (κ3) is 6.70. The molecule has 0 radical (unpaired) electrons. The summed E-state index contributed by atoms with van der Waals surface area (Å²) in [5.41, 5.74) is 8.94. The van der Waals surface area contributed by atoms with Gasteiger partial charge >= 0.3 is 0 Å². The average Bonchev–Trinajstić information content (AvgIpc) is 2.92. The van der Waals surface area contributed by atoms with E-state index in [2.05, 4.69) is 71.2 Å². The summed E-state index contributed by atoms with van der Waals surface area (Å²) >= 11 is 0. The number of piperidine rings is 1. The second-order valence-corrected chi connectivity index (χ2v) is 11.3. The Morgan fingerprint density at radius 2 is 1.75 bits per heavy atom. The highest BCUT2D eigenvalue weighted by molar-refractivity contribution is 5.93. The first-order valence-electron chi connectivity index (χ1n) is 14.1. The molecule has 1 aromatic heterocycles. The Labute approximate surface area is 239 Å². The first-order valence-corrected chi connectivity index (χ1v) is 14.1. The van der Waals surface area contributed by atoms with Crippen molar-refractivity contribution in [2.45, 2.75) is 52.6 Å². The molecule has 3 heterocycles. The lowest BCUT2D eigenvalue weighted by Gasteiger charge is -2.34. The summed E-state index contributed by atoms with van der Waals surface area (Å²) in [6.07, 6.45) is 10.4. The van der Waals surface area contributed by atoms with Crippen LogP contribution in [0.5, 0.6) is 0 Å². The van der Waals surface area contributed by atoms with Crippen molar-refractivity contribution in [2.75, 3.05) is 40.8 Å². The highest BCUT2D eigenvalue weighted by Crippen LogP contribution is 2.32. The van der Waals surface area contributed by atoms with E-state index in [1.807, 2.05) is 31.5 Å². The molecular formula is C33H43N5O2. The van der Waals surface area contributed by atoms with Gasteiger partial charge in [0.1, 0.15) is 6.17 Å². The molecule has 1 N–H and O–H groups in total. The second kappa shape index (κ2) is 12.6. The zero-order chi connectivity index (χ0) is 29.0. The van der Waals surface area contributed by atoms with Crippen molar-refractivity contribution in [2.24, 2.45) is 0 Å². The van der Waals surface area contributed by atoms with Gasteiger partial charge in [0.15, 0.2) is 0 Å². The average molecular weight is 542 g/mol. The molecule has 2 aliphatic heterocycles. The summed E-state index contributed by atoms with van der Waals surface area (Å²) in [6.45, 7) is 10.9. The maximum Gasteiger partial charge on any atom is 0.253 e. The summed E-state index contributed by atoms with van der Waals surface area (Å²) in [6, 6.07) is 10.3. The largest absolute Gasteiger partial charge is 0.354 e. The van der Waals surface area contributed by atoms with Crippen LogP contribution in [-0.2, 0) is 4.79 Å². The van der Waals surface area contributed by atoms with E-state index in [4.69, 9.17) is 0 Å². The molecule has 2 amide bonds. The van der Waals surface area contributed by atoms with E-state index in [1.54, 1.807) is 25.9 Å². The molecule has 1 aromatic carbocycles.